The summed E-state index contributed by atoms with van der Waals surface area (Å²) < 4.78 is 5.63. The first-order chi connectivity index (χ1) is 13.2. The van der Waals surface area contributed by atoms with Gasteiger partial charge in [0.2, 0.25) is 5.91 Å². The molecule has 1 aromatic carbocycles. The highest BCUT2D eigenvalue weighted by molar-refractivity contribution is 7.09. The van der Waals surface area contributed by atoms with Gasteiger partial charge in [-0.3, -0.25) is 4.79 Å². The van der Waals surface area contributed by atoms with E-state index in [9.17, 15) is 4.79 Å². The monoisotopic (exact) mass is 422 g/mol. The maximum atomic E-state index is 12.9. The maximum absolute atomic E-state index is 12.9. The van der Waals surface area contributed by atoms with Crippen LogP contribution in [-0.2, 0) is 16.0 Å². The Morgan fingerprint density at radius 1 is 1.18 bits per heavy atom. The lowest BCUT2D eigenvalue weighted by atomic mass is 9.85. The van der Waals surface area contributed by atoms with Crippen molar-refractivity contribution in [2.75, 3.05) is 38.3 Å². The Bertz CT molecular complexity index is 701. The summed E-state index contributed by atoms with van der Waals surface area (Å²) in [6.45, 7) is 5.59. The Kier molecular flexibility index (Phi) is 8.96. The summed E-state index contributed by atoms with van der Waals surface area (Å²) in [6.07, 6.45) is 3.48. The fourth-order valence-corrected chi connectivity index (χ4v) is 4.73. The number of methoxy groups -OCH3 is 1. The number of para-hydroxylation sites is 1. The SMILES string of the molecule is CCC(=O)N(c1ccccc1)C1(COC)CCN(CCc2cccs2)CC1.Cl. The Hall–Kier alpha value is -1.40. The van der Waals surface area contributed by atoms with Crippen molar-refractivity contribution in [3.05, 3.63) is 52.7 Å². The molecule has 3 rings (SSSR count). The van der Waals surface area contributed by atoms with Gasteiger partial charge in [-0.2, -0.15) is 0 Å². The maximum Gasteiger partial charge on any atom is 0.227 e. The third-order valence-electron chi connectivity index (χ3n) is 5.49. The molecule has 0 spiro atoms. The lowest BCUT2D eigenvalue weighted by molar-refractivity contribution is -0.120. The van der Waals surface area contributed by atoms with Crippen LogP contribution in [0.4, 0.5) is 5.69 Å². The highest BCUT2D eigenvalue weighted by Gasteiger charge is 2.42. The number of hydrogen-bond acceptors (Lipinski definition) is 4. The number of piperidine rings is 1. The van der Waals surface area contributed by atoms with Crippen LogP contribution < -0.4 is 4.90 Å². The molecule has 0 unspecified atom stereocenters. The quantitative estimate of drug-likeness (QED) is 0.621. The minimum atomic E-state index is -0.261. The third-order valence-corrected chi connectivity index (χ3v) is 6.43. The van der Waals surface area contributed by atoms with Crippen molar-refractivity contribution in [1.82, 2.24) is 4.90 Å². The molecule has 0 saturated carbocycles. The van der Waals surface area contributed by atoms with E-state index in [0.29, 0.717) is 13.0 Å². The zero-order chi connectivity index (χ0) is 19.1. The highest BCUT2D eigenvalue weighted by atomic mass is 35.5. The number of rotatable bonds is 8. The van der Waals surface area contributed by atoms with Crippen molar-refractivity contribution < 1.29 is 9.53 Å². The van der Waals surface area contributed by atoms with Gasteiger partial charge < -0.3 is 14.5 Å². The number of carbonyl (C=O) groups is 1. The molecule has 1 fully saturated rings. The van der Waals surface area contributed by atoms with E-state index in [1.54, 1.807) is 7.11 Å². The predicted molar refractivity (Wildman–Crippen MR) is 120 cm³/mol. The van der Waals surface area contributed by atoms with E-state index in [1.165, 1.54) is 4.88 Å². The first kappa shape index (κ1) is 22.9. The van der Waals surface area contributed by atoms with Crippen LogP contribution in [0.5, 0.6) is 0 Å². The summed E-state index contributed by atoms with van der Waals surface area (Å²) >= 11 is 1.83. The molecular weight excluding hydrogens is 392 g/mol. The minimum absolute atomic E-state index is 0. The Morgan fingerprint density at radius 2 is 1.89 bits per heavy atom. The van der Waals surface area contributed by atoms with Crippen LogP contribution in [-0.4, -0.2) is 49.7 Å². The summed E-state index contributed by atoms with van der Waals surface area (Å²) in [5.41, 5.74) is 0.719. The van der Waals surface area contributed by atoms with E-state index in [0.717, 1.165) is 44.6 Å². The highest BCUT2D eigenvalue weighted by Crippen LogP contribution is 2.34. The molecule has 0 radical (unpaired) electrons. The summed E-state index contributed by atoms with van der Waals surface area (Å²) in [5, 5.41) is 2.14. The normalized spacial score (nSPS) is 16.4. The number of halogens is 1. The van der Waals surface area contributed by atoms with Gasteiger partial charge in [0.05, 0.1) is 12.1 Å². The Morgan fingerprint density at radius 3 is 2.46 bits per heavy atom. The summed E-state index contributed by atoms with van der Waals surface area (Å²) in [4.78, 5) is 18.9. The van der Waals surface area contributed by atoms with Gasteiger partial charge in [-0.25, -0.2) is 0 Å². The van der Waals surface area contributed by atoms with Crippen molar-refractivity contribution in [1.29, 1.82) is 0 Å². The average molecular weight is 423 g/mol. The molecule has 28 heavy (non-hydrogen) atoms. The largest absolute Gasteiger partial charge is 0.382 e. The van der Waals surface area contributed by atoms with E-state index < -0.39 is 0 Å². The second-order valence-electron chi connectivity index (χ2n) is 7.25. The van der Waals surface area contributed by atoms with Crippen LogP contribution in [0.2, 0.25) is 0 Å². The molecular formula is C22H31ClN2O2S. The fourth-order valence-electron chi connectivity index (χ4n) is 4.03. The lowest BCUT2D eigenvalue weighted by Crippen LogP contribution is -2.60. The molecule has 2 aromatic rings. The van der Waals surface area contributed by atoms with Crippen molar-refractivity contribution in [3.8, 4) is 0 Å². The summed E-state index contributed by atoms with van der Waals surface area (Å²) in [5.74, 6) is 0.172. The molecule has 0 bridgehead atoms. The van der Waals surface area contributed by atoms with E-state index in [-0.39, 0.29) is 23.9 Å². The molecule has 1 aliphatic heterocycles. The lowest BCUT2D eigenvalue weighted by Gasteiger charge is -2.48. The second-order valence-corrected chi connectivity index (χ2v) is 8.28. The van der Waals surface area contributed by atoms with Gasteiger partial charge in [0.15, 0.2) is 0 Å². The summed E-state index contributed by atoms with van der Waals surface area (Å²) in [7, 11) is 1.74. The number of likely N-dealkylation sites (tertiary alicyclic amines) is 1. The Balaban J connectivity index is 0.00000280. The van der Waals surface area contributed by atoms with E-state index >= 15 is 0 Å². The smallest absolute Gasteiger partial charge is 0.227 e. The number of hydrogen-bond donors (Lipinski definition) is 0. The van der Waals surface area contributed by atoms with Crippen LogP contribution in [0.25, 0.3) is 0 Å². The number of amides is 1. The molecule has 6 heteroatoms. The molecule has 4 nitrogen and oxygen atoms in total. The van der Waals surface area contributed by atoms with E-state index in [2.05, 4.69) is 22.4 Å². The standard InChI is InChI=1S/C22H30N2O2S.ClH/c1-3-21(25)24(19-8-5-4-6-9-19)22(18-26-2)12-15-23(16-13-22)14-11-20-10-7-17-27-20;/h4-10,17H,3,11-16,18H2,1-2H3;1H. The molecule has 1 aromatic heterocycles. The molecule has 154 valence electrons. The van der Waals surface area contributed by atoms with Crippen molar-refractivity contribution in [2.24, 2.45) is 0 Å². The molecule has 1 aliphatic rings. The topological polar surface area (TPSA) is 32.8 Å². The molecule has 1 saturated heterocycles. The number of anilines is 1. The van der Waals surface area contributed by atoms with Crippen LogP contribution in [0.3, 0.4) is 0 Å². The summed E-state index contributed by atoms with van der Waals surface area (Å²) in [6, 6.07) is 14.4. The average Bonchev–Trinajstić information content (AvgIpc) is 3.22. The van der Waals surface area contributed by atoms with Gasteiger partial charge >= 0.3 is 0 Å². The first-order valence-corrected chi connectivity index (χ1v) is 10.7. The van der Waals surface area contributed by atoms with E-state index in [4.69, 9.17) is 4.74 Å². The minimum Gasteiger partial charge on any atom is -0.382 e. The fraction of sp³-hybridized carbons (Fsp3) is 0.500. The molecule has 1 amide bonds. The van der Waals surface area contributed by atoms with Crippen LogP contribution in [0.1, 0.15) is 31.1 Å². The number of carbonyl (C=O) groups excluding carboxylic acids is 1. The zero-order valence-electron chi connectivity index (χ0n) is 16.8. The molecule has 2 heterocycles. The first-order valence-electron chi connectivity index (χ1n) is 9.80. The van der Waals surface area contributed by atoms with E-state index in [1.807, 2.05) is 53.5 Å². The number of benzene rings is 1. The van der Waals surface area contributed by atoms with Gasteiger partial charge in [0.25, 0.3) is 0 Å². The van der Waals surface area contributed by atoms with Crippen LogP contribution >= 0.6 is 23.7 Å². The molecule has 0 aliphatic carbocycles. The van der Waals surface area contributed by atoms with Crippen molar-refractivity contribution in [3.63, 3.8) is 0 Å². The van der Waals surface area contributed by atoms with Gasteiger partial charge in [-0.1, -0.05) is 31.2 Å². The van der Waals surface area contributed by atoms with Gasteiger partial charge in [0.1, 0.15) is 0 Å². The van der Waals surface area contributed by atoms with Gasteiger partial charge in [-0.05, 0) is 42.8 Å². The Labute approximate surface area is 178 Å². The van der Waals surface area contributed by atoms with Gasteiger partial charge in [-0.15, -0.1) is 23.7 Å². The zero-order valence-corrected chi connectivity index (χ0v) is 18.4. The predicted octanol–water partition coefficient (Wildman–Crippen LogP) is 4.64. The third kappa shape index (κ3) is 5.35. The van der Waals surface area contributed by atoms with Crippen molar-refractivity contribution in [2.45, 2.75) is 38.1 Å². The number of thiophene rings is 1. The molecule has 0 N–H and O–H groups in total. The van der Waals surface area contributed by atoms with Gasteiger partial charge in [0, 0.05) is 43.7 Å². The second kappa shape index (κ2) is 11.0. The van der Waals surface area contributed by atoms with Crippen LogP contribution in [0, 0.1) is 0 Å². The van der Waals surface area contributed by atoms with Crippen LogP contribution in [0.15, 0.2) is 47.8 Å². The molecule has 0 atom stereocenters. The van der Waals surface area contributed by atoms with Crippen molar-refractivity contribution >= 4 is 35.3 Å². The number of ether oxygens (including phenoxy) is 1. The number of nitrogens with zero attached hydrogens (tertiary/aromatic N) is 2.